The van der Waals surface area contributed by atoms with Gasteiger partial charge in [0.05, 0.1) is 0 Å². The maximum Gasteiger partial charge on any atom is 0.0462 e. The van der Waals surface area contributed by atoms with Gasteiger partial charge < -0.3 is 10.1 Å². The summed E-state index contributed by atoms with van der Waals surface area (Å²) in [4.78, 5) is 2.73. The molecule has 2 fully saturated rings. The van der Waals surface area contributed by atoms with Crippen LogP contribution in [-0.2, 0) is 4.74 Å². The van der Waals surface area contributed by atoms with Crippen molar-refractivity contribution in [2.24, 2.45) is 5.92 Å². The van der Waals surface area contributed by atoms with Gasteiger partial charge >= 0.3 is 0 Å². The quantitative estimate of drug-likeness (QED) is 0.717. The minimum absolute atomic E-state index is 0.284. The second-order valence-electron chi connectivity index (χ2n) is 6.34. The summed E-state index contributed by atoms with van der Waals surface area (Å²) < 4.78 is 5.13. The van der Waals surface area contributed by atoms with E-state index in [4.69, 9.17) is 4.74 Å². The van der Waals surface area contributed by atoms with Crippen LogP contribution in [-0.4, -0.2) is 49.8 Å². The minimum atomic E-state index is 0.284. The summed E-state index contributed by atoms with van der Waals surface area (Å²) in [5.74, 6) is 0.973. The monoisotopic (exact) mass is 240 g/mol. The van der Waals surface area contributed by atoms with Gasteiger partial charge in [-0.1, -0.05) is 0 Å². The first-order valence-electron chi connectivity index (χ1n) is 7.10. The third kappa shape index (κ3) is 3.94. The molecule has 3 nitrogen and oxygen atoms in total. The molecule has 0 aromatic carbocycles. The van der Waals surface area contributed by atoms with Gasteiger partial charge in [-0.2, -0.15) is 0 Å². The van der Waals surface area contributed by atoms with Crippen molar-refractivity contribution < 1.29 is 4.74 Å². The number of ether oxygens (including phenoxy) is 1. The second kappa shape index (κ2) is 5.68. The molecular weight excluding hydrogens is 212 g/mol. The number of nitrogens with one attached hydrogen (secondary N) is 1. The van der Waals surface area contributed by atoms with Gasteiger partial charge in [0.2, 0.25) is 0 Å². The number of hydrogen-bond donors (Lipinski definition) is 1. The van der Waals surface area contributed by atoms with Crippen LogP contribution in [0.5, 0.6) is 0 Å². The Morgan fingerprint density at radius 3 is 2.71 bits per heavy atom. The van der Waals surface area contributed by atoms with Crippen LogP contribution >= 0.6 is 0 Å². The van der Waals surface area contributed by atoms with Crippen molar-refractivity contribution in [1.29, 1.82) is 0 Å². The number of nitrogens with zero attached hydrogens (tertiary/aromatic N) is 1. The van der Waals surface area contributed by atoms with Gasteiger partial charge in [0.1, 0.15) is 0 Å². The van der Waals surface area contributed by atoms with Crippen LogP contribution in [0.1, 0.15) is 39.5 Å². The lowest BCUT2D eigenvalue weighted by atomic mass is 9.96. The lowest BCUT2D eigenvalue weighted by Crippen LogP contribution is -2.62. The largest absolute Gasteiger partial charge is 0.385 e. The van der Waals surface area contributed by atoms with E-state index in [1.165, 1.54) is 45.3 Å². The molecule has 1 saturated carbocycles. The average Bonchev–Trinajstić information content (AvgIpc) is 3.07. The zero-order chi connectivity index (χ0) is 12.3. The molecular formula is C14H28N2O. The maximum atomic E-state index is 5.13. The summed E-state index contributed by atoms with van der Waals surface area (Å²) in [6.45, 7) is 9.17. The van der Waals surface area contributed by atoms with E-state index in [1.54, 1.807) is 7.11 Å². The first kappa shape index (κ1) is 13.3. The zero-order valence-electron chi connectivity index (χ0n) is 11.7. The number of rotatable bonds is 6. The Hall–Kier alpha value is -0.120. The van der Waals surface area contributed by atoms with E-state index >= 15 is 0 Å². The minimum Gasteiger partial charge on any atom is -0.385 e. The molecule has 1 unspecified atom stereocenters. The molecule has 0 amide bonds. The normalized spacial score (nSPS) is 29.5. The van der Waals surface area contributed by atoms with Gasteiger partial charge in [0.15, 0.2) is 0 Å². The van der Waals surface area contributed by atoms with Gasteiger partial charge in [0, 0.05) is 38.4 Å². The Bertz CT molecular complexity index is 238. The fourth-order valence-corrected chi connectivity index (χ4v) is 2.94. The molecule has 1 aliphatic carbocycles. The SMILES string of the molecule is COCCCCN1CC(C)(C)NCC1C1CC1. The Morgan fingerprint density at radius 1 is 1.29 bits per heavy atom. The third-order valence-corrected chi connectivity index (χ3v) is 4.07. The van der Waals surface area contributed by atoms with Crippen molar-refractivity contribution in [3.8, 4) is 0 Å². The van der Waals surface area contributed by atoms with Crippen LogP contribution in [0.15, 0.2) is 0 Å². The van der Waals surface area contributed by atoms with E-state index < -0.39 is 0 Å². The van der Waals surface area contributed by atoms with Crippen molar-refractivity contribution in [3.63, 3.8) is 0 Å². The molecule has 0 radical (unpaired) electrons. The topological polar surface area (TPSA) is 24.5 Å². The van der Waals surface area contributed by atoms with Crippen LogP contribution in [0, 0.1) is 5.92 Å². The van der Waals surface area contributed by atoms with E-state index in [0.717, 1.165) is 18.6 Å². The summed E-state index contributed by atoms with van der Waals surface area (Å²) in [5.41, 5.74) is 0.284. The van der Waals surface area contributed by atoms with Crippen molar-refractivity contribution >= 4 is 0 Å². The van der Waals surface area contributed by atoms with Gasteiger partial charge in [0.25, 0.3) is 0 Å². The molecule has 0 aromatic heterocycles. The summed E-state index contributed by atoms with van der Waals surface area (Å²) in [7, 11) is 1.79. The van der Waals surface area contributed by atoms with Gasteiger partial charge in [-0.15, -0.1) is 0 Å². The van der Waals surface area contributed by atoms with E-state index in [0.29, 0.717) is 0 Å². The Balaban J connectivity index is 1.80. The fraction of sp³-hybridized carbons (Fsp3) is 1.00. The van der Waals surface area contributed by atoms with Crippen LogP contribution < -0.4 is 5.32 Å². The lowest BCUT2D eigenvalue weighted by Gasteiger charge is -2.45. The molecule has 0 bridgehead atoms. The highest BCUT2D eigenvalue weighted by Gasteiger charge is 2.40. The second-order valence-corrected chi connectivity index (χ2v) is 6.34. The highest BCUT2D eigenvalue weighted by atomic mass is 16.5. The molecule has 1 heterocycles. The van der Waals surface area contributed by atoms with Gasteiger partial charge in [-0.3, -0.25) is 4.90 Å². The standard InChI is InChI=1S/C14H28N2O/c1-14(2)11-16(8-4-5-9-17-3)13(10-15-14)12-6-7-12/h12-13,15H,4-11H2,1-3H3. The number of methoxy groups -OCH3 is 1. The Labute approximate surface area is 106 Å². The smallest absolute Gasteiger partial charge is 0.0462 e. The van der Waals surface area contributed by atoms with Crippen molar-refractivity contribution in [2.75, 3.05) is 33.4 Å². The van der Waals surface area contributed by atoms with Crippen LogP contribution in [0.2, 0.25) is 0 Å². The molecule has 3 heteroatoms. The van der Waals surface area contributed by atoms with Crippen LogP contribution in [0.25, 0.3) is 0 Å². The third-order valence-electron chi connectivity index (χ3n) is 4.07. The lowest BCUT2D eigenvalue weighted by molar-refractivity contribution is 0.0783. The van der Waals surface area contributed by atoms with Crippen molar-refractivity contribution in [1.82, 2.24) is 10.2 Å². The summed E-state index contributed by atoms with van der Waals surface area (Å²) in [6, 6.07) is 0.797. The van der Waals surface area contributed by atoms with Gasteiger partial charge in [-0.25, -0.2) is 0 Å². The molecule has 2 rings (SSSR count). The van der Waals surface area contributed by atoms with Crippen molar-refractivity contribution in [2.45, 2.75) is 51.1 Å². The molecule has 1 atom stereocenters. The van der Waals surface area contributed by atoms with E-state index in [-0.39, 0.29) is 5.54 Å². The highest BCUT2D eigenvalue weighted by molar-refractivity contribution is 4.98. The Morgan fingerprint density at radius 2 is 2.06 bits per heavy atom. The molecule has 100 valence electrons. The molecule has 1 N–H and O–H groups in total. The molecule has 1 aliphatic heterocycles. The predicted octanol–water partition coefficient (Wildman–Crippen LogP) is 1.88. The van der Waals surface area contributed by atoms with Crippen molar-refractivity contribution in [3.05, 3.63) is 0 Å². The Kier molecular flexibility index (Phi) is 4.45. The summed E-state index contributed by atoms with van der Waals surface area (Å²) in [6.07, 6.45) is 5.36. The molecule has 17 heavy (non-hydrogen) atoms. The highest BCUT2D eigenvalue weighted by Crippen LogP contribution is 2.37. The van der Waals surface area contributed by atoms with Crippen LogP contribution in [0.3, 0.4) is 0 Å². The van der Waals surface area contributed by atoms with E-state index in [2.05, 4.69) is 24.1 Å². The molecule has 0 aromatic rings. The number of piperazine rings is 1. The maximum absolute atomic E-state index is 5.13. The summed E-state index contributed by atoms with van der Waals surface area (Å²) >= 11 is 0. The van der Waals surface area contributed by atoms with E-state index in [1.807, 2.05) is 0 Å². The predicted molar refractivity (Wildman–Crippen MR) is 71.3 cm³/mol. The fourth-order valence-electron chi connectivity index (χ4n) is 2.94. The number of hydrogen-bond acceptors (Lipinski definition) is 3. The first-order chi connectivity index (χ1) is 8.12. The average molecular weight is 240 g/mol. The molecule has 0 spiro atoms. The van der Waals surface area contributed by atoms with E-state index in [9.17, 15) is 0 Å². The van der Waals surface area contributed by atoms with Gasteiger partial charge in [-0.05, 0) is 52.0 Å². The molecule has 1 saturated heterocycles. The van der Waals surface area contributed by atoms with Crippen LogP contribution in [0.4, 0.5) is 0 Å². The first-order valence-corrected chi connectivity index (χ1v) is 7.10. The number of unbranched alkanes of at least 4 members (excludes halogenated alkanes) is 1. The molecule has 2 aliphatic rings. The summed E-state index contributed by atoms with van der Waals surface area (Å²) in [5, 5.41) is 3.69. The zero-order valence-corrected chi connectivity index (χ0v) is 11.7.